The van der Waals surface area contributed by atoms with Gasteiger partial charge in [0, 0.05) is 23.5 Å². The molecule has 0 unspecified atom stereocenters. The second kappa shape index (κ2) is 5.65. The molecule has 102 valence electrons. The van der Waals surface area contributed by atoms with Crippen molar-refractivity contribution in [2.45, 2.75) is 45.6 Å². The number of aromatic nitrogens is 4. The normalized spacial score (nSPS) is 11.7. The molecule has 2 heterocycles. The van der Waals surface area contributed by atoms with Gasteiger partial charge in [-0.1, -0.05) is 20.8 Å². The largest absolute Gasteiger partial charge is 0.294 e. The molecule has 2 aromatic rings. The Morgan fingerprint density at radius 2 is 1.74 bits per heavy atom. The molecular formula is C14H20N4S. The lowest BCUT2D eigenvalue weighted by atomic mass is 9.89. The van der Waals surface area contributed by atoms with Crippen molar-refractivity contribution in [3.05, 3.63) is 29.3 Å². The molecule has 0 spiro atoms. The van der Waals surface area contributed by atoms with Crippen LogP contribution in [0.5, 0.6) is 0 Å². The van der Waals surface area contributed by atoms with E-state index in [4.69, 9.17) is 12.2 Å². The molecule has 0 aromatic carbocycles. The van der Waals surface area contributed by atoms with Crippen molar-refractivity contribution >= 4 is 12.2 Å². The Labute approximate surface area is 118 Å². The quantitative estimate of drug-likeness (QED) is 0.842. The van der Waals surface area contributed by atoms with Crippen LogP contribution in [0.2, 0.25) is 0 Å². The Kier molecular flexibility index (Phi) is 4.14. The van der Waals surface area contributed by atoms with Crippen molar-refractivity contribution in [1.82, 2.24) is 19.7 Å². The van der Waals surface area contributed by atoms with Crippen LogP contribution in [-0.4, -0.2) is 19.7 Å². The van der Waals surface area contributed by atoms with Crippen molar-refractivity contribution in [3.8, 4) is 11.4 Å². The van der Waals surface area contributed by atoms with Gasteiger partial charge in [0.05, 0.1) is 0 Å². The van der Waals surface area contributed by atoms with Crippen molar-refractivity contribution in [2.75, 3.05) is 0 Å². The average Bonchev–Trinajstić information content (AvgIpc) is 2.85. The van der Waals surface area contributed by atoms with Gasteiger partial charge in [-0.05, 0) is 43.6 Å². The predicted octanol–water partition coefficient (Wildman–Crippen LogP) is 3.93. The summed E-state index contributed by atoms with van der Waals surface area (Å²) < 4.78 is 2.87. The second-order valence-electron chi connectivity index (χ2n) is 4.71. The lowest BCUT2D eigenvalue weighted by molar-refractivity contribution is 0.250. The van der Waals surface area contributed by atoms with Crippen molar-refractivity contribution in [2.24, 2.45) is 0 Å². The Balaban J connectivity index is 2.65. The van der Waals surface area contributed by atoms with Gasteiger partial charge in [0.15, 0.2) is 10.6 Å². The molecule has 2 aromatic heterocycles. The Morgan fingerprint density at radius 1 is 1.16 bits per heavy atom. The van der Waals surface area contributed by atoms with Gasteiger partial charge in [-0.15, -0.1) is 0 Å². The van der Waals surface area contributed by atoms with Crippen LogP contribution in [0.15, 0.2) is 24.5 Å². The minimum Gasteiger partial charge on any atom is -0.294 e. The maximum Gasteiger partial charge on any atom is 0.195 e. The minimum absolute atomic E-state index is 0.0304. The zero-order valence-corrected chi connectivity index (χ0v) is 12.5. The molecule has 19 heavy (non-hydrogen) atoms. The van der Waals surface area contributed by atoms with Crippen molar-refractivity contribution in [1.29, 1.82) is 0 Å². The molecule has 0 aliphatic rings. The third-order valence-corrected chi connectivity index (χ3v) is 4.33. The molecule has 2 rings (SSSR count). The Morgan fingerprint density at radius 3 is 2.26 bits per heavy atom. The zero-order valence-electron chi connectivity index (χ0n) is 11.7. The number of pyridine rings is 1. The highest BCUT2D eigenvalue weighted by Gasteiger charge is 2.30. The topological polar surface area (TPSA) is 46.5 Å². The molecule has 1 N–H and O–H groups in total. The standard InChI is InChI=1S/C14H20N4S/c1-4-14(5-2,6-3)18-12(16-17-13(18)19)11-7-9-15-10-8-11/h7-10H,4-6H2,1-3H3,(H,17,19). The number of nitrogens with zero attached hydrogens (tertiary/aromatic N) is 3. The van der Waals surface area contributed by atoms with E-state index in [0.717, 1.165) is 30.7 Å². The minimum atomic E-state index is 0.0304. The maximum atomic E-state index is 5.45. The molecule has 0 bridgehead atoms. The first kappa shape index (κ1) is 13.9. The van der Waals surface area contributed by atoms with E-state index < -0.39 is 0 Å². The highest BCUT2D eigenvalue weighted by Crippen LogP contribution is 2.33. The van der Waals surface area contributed by atoms with Crippen molar-refractivity contribution in [3.63, 3.8) is 0 Å². The summed E-state index contributed by atoms with van der Waals surface area (Å²) in [5.41, 5.74) is 1.07. The molecule has 0 aliphatic carbocycles. The van der Waals surface area contributed by atoms with Crippen LogP contribution in [-0.2, 0) is 5.54 Å². The second-order valence-corrected chi connectivity index (χ2v) is 5.10. The summed E-state index contributed by atoms with van der Waals surface area (Å²) in [6.45, 7) is 6.62. The number of rotatable bonds is 5. The lowest BCUT2D eigenvalue weighted by Crippen LogP contribution is -2.32. The molecule has 5 heteroatoms. The maximum absolute atomic E-state index is 5.45. The van der Waals surface area contributed by atoms with E-state index in [1.807, 2.05) is 12.1 Å². The molecule has 0 saturated heterocycles. The zero-order chi connectivity index (χ0) is 13.9. The SMILES string of the molecule is CCC(CC)(CC)n1c(-c2ccncc2)n[nH]c1=S. The van der Waals surface area contributed by atoms with Gasteiger partial charge in [0.2, 0.25) is 0 Å². The van der Waals surface area contributed by atoms with Gasteiger partial charge in [0.1, 0.15) is 0 Å². The summed E-state index contributed by atoms with van der Waals surface area (Å²) in [5, 5.41) is 7.35. The lowest BCUT2D eigenvalue weighted by Gasteiger charge is -2.33. The molecular weight excluding hydrogens is 256 g/mol. The summed E-state index contributed by atoms with van der Waals surface area (Å²) in [5.74, 6) is 0.901. The van der Waals surface area contributed by atoms with E-state index in [1.54, 1.807) is 12.4 Å². The van der Waals surface area contributed by atoms with Gasteiger partial charge in [-0.25, -0.2) is 0 Å². The molecule has 0 amide bonds. The number of aromatic amines is 1. The van der Waals surface area contributed by atoms with E-state index in [0.29, 0.717) is 4.77 Å². The fraction of sp³-hybridized carbons (Fsp3) is 0.500. The highest BCUT2D eigenvalue weighted by molar-refractivity contribution is 7.71. The van der Waals surface area contributed by atoms with Crippen LogP contribution in [0.3, 0.4) is 0 Å². The molecule has 0 atom stereocenters. The summed E-state index contributed by atoms with van der Waals surface area (Å²) in [6.07, 6.45) is 6.66. The molecule has 0 fully saturated rings. The Hall–Kier alpha value is -1.49. The van der Waals surface area contributed by atoms with Crippen molar-refractivity contribution < 1.29 is 0 Å². The summed E-state index contributed by atoms with van der Waals surface area (Å²) >= 11 is 5.45. The van der Waals surface area contributed by atoms with Crippen LogP contribution in [0, 0.1) is 4.77 Å². The van der Waals surface area contributed by atoms with E-state index in [1.165, 1.54) is 0 Å². The average molecular weight is 276 g/mol. The molecule has 0 saturated carbocycles. The van der Waals surface area contributed by atoms with Gasteiger partial charge >= 0.3 is 0 Å². The van der Waals surface area contributed by atoms with Gasteiger partial charge in [-0.2, -0.15) is 5.10 Å². The van der Waals surface area contributed by atoms with E-state index in [-0.39, 0.29) is 5.54 Å². The number of nitrogens with one attached hydrogen (secondary N) is 1. The monoisotopic (exact) mass is 276 g/mol. The van der Waals surface area contributed by atoms with Gasteiger partial charge < -0.3 is 0 Å². The summed E-state index contributed by atoms with van der Waals surface area (Å²) in [4.78, 5) is 4.06. The number of H-pyrrole nitrogens is 1. The third kappa shape index (κ3) is 2.34. The smallest absolute Gasteiger partial charge is 0.195 e. The van der Waals surface area contributed by atoms with Crippen LogP contribution < -0.4 is 0 Å². The van der Waals surface area contributed by atoms with Crippen LogP contribution in [0.4, 0.5) is 0 Å². The predicted molar refractivity (Wildman–Crippen MR) is 79.5 cm³/mol. The molecule has 0 aliphatic heterocycles. The van der Waals surface area contributed by atoms with E-state index in [9.17, 15) is 0 Å². The molecule has 4 nitrogen and oxygen atoms in total. The third-order valence-electron chi connectivity index (χ3n) is 4.06. The molecule has 0 radical (unpaired) electrons. The van der Waals surface area contributed by atoms with E-state index in [2.05, 4.69) is 40.5 Å². The fourth-order valence-corrected chi connectivity index (χ4v) is 2.98. The summed E-state index contributed by atoms with van der Waals surface area (Å²) in [6, 6.07) is 3.93. The number of hydrogen-bond acceptors (Lipinski definition) is 3. The highest BCUT2D eigenvalue weighted by atomic mass is 32.1. The van der Waals surface area contributed by atoms with Gasteiger partial charge in [0.25, 0.3) is 0 Å². The summed E-state index contributed by atoms with van der Waals surface area (Å²) in [7, 11) is 0. The first-order chi connectivity index (χ1) is 9.18. The van der Waals surface area contributed by atoms with E-state index >= 15 is 0 Å². The first-order valence-corrected chi connectivity index (χ1v) is 7.17. The van der Waals surface area contributed by atoms with Crippen LogP contribution in [0.1, 0.15) is 40.0 Å². The fourth-order valence-electron chi connectivity index (χ4n) is 2.66. The number of hydrogen-bond donors (Lipinski definition) is 1. The van der Waals surface area contributed by atoms with Crippen LogP contribution >= 0.6 is 12.2 Å². The van der Waals surface area contributed by atoms with Crippen LogP contribution in [0.25, 0.3) is 11.4 Å². The van der Waals surface area contributed by atoms with Gasteiger partial charge in [-0.3, -0.25) is 14.6 Å². The Bertz CT molecular complexity index is 573. The first-order valence-electron chi connectivity index (χ1n) is 6.76.